The highest BCUT2D eigenvalue weighted by molar-refractivity contribution is 4.81. The summed E-state index contributed by atoms with van der Waals surface area (Å²) in [6.07, 6.45) is 11.1. The molecule has 0 spiro atoms. The molecule has 2 aliphatic rings. The molecule has 2 aliphatic carbocycles. The molecule has 0 aliphatic heterocycles. The molecule has 2 saturated carbocycles. The summed E-state index contributed by atoms with van der Waals surface area (Å²) in [6, 6.07) is 0.403. The average molecular weight is 211 g/mol. The zero-order valence-corrected chi connectivity index (χ0v) is 9.95. The molecule has 0 aromatic rings. The summed E-state index contributed by atoms with van der Waals surface area (Å²) in [5.74, 6) is 0.916. The van der Waals surface area contributed by atoms with Crippen LogP contribution in [0.15, 0.2) is 0 Å². The summed E-state index contributed by atoms with van der Waals surface area (Å²) in [7, 11) is 0. The molecule has 0 aromatic carbocycles. The molecule has 4 atom stereocenters. The second kappa shape index (κ2) is 5.31. The Labute approximate surface area is 93.6 Å². The first-order chi connectivity index (χ1) is 7.28. The quantitative estimate of drug-likeness (QED) is 0.779. The van der Waals surface area contributed by atoms with E-state index in [0.717, 1.165) is 18.8 Å². The van der Waals surface area contributed by atoms with Crippen molar-refractivity contribution in [2.75, 3.05) is 0 Å². The Morgan fingerprint density at radius 2 is 1.87 bits per heavy atom. The van der Waals surface area contributed by atoms with Gasteiger partial charge in [0, 0.05) is 6.04 Å². The van der Waals surface area contributed by atoms with E-state index in [4.69, 9.17) is 10.5 Å². The summed E-state index contributed by atoms with van der Waals surface area (Å²) in [6.45, 7) is 2.30. The highest BCUT2D eigenvalue weighted by Crippen LogP contribution is 2.31. The van der Waals surface area contributed by atoms with E-state index in [9.17, 15) is 0 Å². The van der Waals surface area contributed by atoms with E-state index < -0.39 is 0 Å². The summed E-state index contributed by atoms with van der Waals surface area (Å²) in [5.41, 5.74) is 5.90. The van der Waals surface area contributed by atoms with Crippen LogP contribution in [-0.4, -0.2) is 18.2 Å². The largest absolute Gasteiger partial charge is 0.375 e. The minimum absolute atomic E-state index is 0.403. The van der Waals surface area contributed by atoms with Gasteiger partial charge in [-0.15, -0.1) is 0 Å². The number of ether oxygens (including phenoxy) is 1. The molecule has 0 heterocycles. The third kappa shape index (κ3) is 3.18. The van der Waals surface area contributed by atoms with Crippen LogP contribution in [0.5, 0.6) is 0 Å². The van der Waals surface area contributed by atoms with Gasteiger partial charge < -0.3 is 10.5 Å². The van der Waals surface area contributed by atoms with E-state index in [2.05, 4.69) is 6.92 Å². The maximum atomic E-state index is 6.17. The Morgan fingerprint density at radius 3 is 2.53 bits per heavy atom. The molecule has 2 rings (SSSR count). The maximum Gasteiger partial charge on any atom is 0.0594 e. The van der Waals surface area contributed by atoms with Crippen molar-refractivity contribution in [2.45, 2.75) is 76.5 Å². The predicted octanol–water partition coefficient (Wildman–Crippen LogP) is 2.85. The molecule has 0 radical (unpaired) electrons. The first-order valence-corrected chi connectivity index (χ1v) is 6.69. The van der Waals surface area contributed by atoms with Crippen molar-refractivity contribution in [3.63, 3.8) is 0 Å². The van der Waals surface area contributed by atoms with Crippen molar-refractivity contribution in [2.24, 2.45) is 11.7 Å². The van der Waals surface area contributed by atoms with Crippen LogP contribution in [0.4, 0.5) is 0 Å². The fraction of sp³-hybridized carbons (Fsp3) is 1.00. The second-order valence-corrected chi connectivity index (χ2v) is 5.39. The fourth-order valence-electron chi connectivity index (χ4n) is 3.11. The topological polar surface area (TPSA) is 35.2 Å². The van der Waals surface area contributed by atoms with Crippen molar-refractivity contribution in [1.29, 1.82) is 0 Å². The SMILES string of the molecule is CCC1CCCC(OC2CCC(N)C2)C1. The van der Waals surface area contributed by atoms with Crippen molar-refractivity contribution >= 4 is 0 Å². The first kappa shape index (κ1) is 11.4. The average Bonchev–Trinajstić information content (AvgIpc) is 2.64. The van der Waals surface area contributed by atoms with Gasteiger partial charge in [-0.05, 0) is 38.0 Å². The molecule has 2 nitrogen and oxygen atoms in total. The molecule has 88 valence electrons. The standard InChI is InChI=1S/C13H25NO/c1-2-10-4-3-5-12(8-10)15-13-7-6-11(14)9-13/h10-13H,2-9,14H2,1H3. The fourth-order valence-corrected chi connectivity index (χ4v) is 3.11. The first-order valence-electron chi connectivity index (χ1n) is 6.69. The summed E-state index contributed by atoms with van der Waals surface area (Å²) in [5, 5.41) is 0. The summed E-state index contributed by atoms with van der Waals surface area (Å²) in [4.78, 5) is 0. The second-order valence-electron chi connectivity index (χ2n) is 5.39. The van der Waals surface area contributed by atoms with Crippen LogP contribution >= 0.6 is 0 Å². The van der Waals surface area contributed by atoms with Gasteiger partial charge in [0.05, 0.1) is 12.2 Å². The molecular formula is C13H25NO. The smallest absolute Gasteiger partial charge is 0.0594 e. The van der Waals surface area contributed by atoms with E-state index in [1.807, 2.05) is 0 Å². The summed E-state index contributed by atoms with van der Waals surface area (Å²) >= 11 is 0. The molecule has 0 amide bonds. The van der Waals surface area contributed by atoms with Crippen molar-refractivity contribution in [1.82, 2.24) is 0 Å². The molecule has 2 N–H and O–H groups in total. The molecule has 0 bridgehead atoms. The van der Waals surface area contributed by atoms with Crippen LogP contribution in [0.1, 0.15) is 58.3 Å². The Bertz CT molecular complexity index is 195. The van der Waals surface area contributed by atoms with E-state index in [-0.39, 0.29) is 0 Å². The van der Waals surface area contributed by atoms with Gasteiger partial charge in [0.2, 0.25) is 0 Å². The van der Waals surface area contributed by atoms with Crippen molar-refractivity contribution in [3.05, 3.63) is 0 Å². The highest BCUT2D eigenvalue weighted by Gasteiger charge is 2.28. The Morgan fingerprint density at radius 1 is 1.07 bits per heavy atom. The Kier molecular flexibility index (Phi) is 4.04. The van der Waals surface area contributed by atoms with Gasteiger partial charge in [0.15, 0.2) is 0 Å². The van der Waals surface area contributed by atoms with E-state index in [1.54, 1.807) is 0 Å². The zero-order valence-electron chi connectivity index (χ0n) is 9.95. The number of hydrogen-bond acceptors (Lipinski definition) is 2. The number of nitrogens with two attached hydrogens (primary N) is 1. The van der Waals surface area contributed by atoms with Crippen LogP contribution in [0.3, 0.4) is 0 Å². The van der Waals surface area contributed by atoms with E-state index in [1.165, 1.54) is 38.5 Å². The van der Waals surface area contributed by atoms with Gasteiger partial charge >= 0.3 is 0 Å². The van der Waals surface area contributed by atoms with Gasteiger partial charge in [-0.2, -0.15) is 0 Å². The van der Waals surface area contributed by atoms with Gasteiger partial charge in [0.1, 0.15) is 0 Å². The summed E-state index contributed by atoms with van der Waals surface area (Å²) < 4.78 is 6.17. The van der Waals surface area contributed by atoms with Crippen LogP contribution in [0.25, 0.3) is 0 Å². The molecule has 4 unspecified atom stereocenters. The zero-order chi connectivity index (χ0) is 10.7. The van der Waals surface area contributed by atoms with Crippen molar-refractivity contribution in [3.8, 4) is 0 Å². The van der Waals surface area contributed by atoms with Crippen molar-refractivity contribution < 1.29 is 4.74 Å². The van der Waals surface area contributed by atoms with Crippen LogP contribution < -0.4 is 5.73 Å². The third-order valence-electron chi connectivity index (χ3n) is 4.12. The lowest BCUT2D eigenvalue weighted by Gasteiger charge is -2.30. The number of hydrogen-bond donors (Lipinski definition) is 1. The maximum absolute atomic E-state index is 6.17. The third-order valence-corrected chi connectivity index (χ3v) is 4.12. The van der Waals surface area contributed by atoms with Gasteiger partial charge in [-0.3, -0.25) is 0 Å². The molecule has 15 heavy (non-hydrogen) atoms. The Balaban J connectivity index is 1.74. The normalized spacial score (nSPS) is 42.0. The molecular weight excluding hydrogens is 186 g/mol. The molecule has 2 fully saturated rings. The van der Waals surface area contributed by atoms with E-state index in [0.29, 0.717) is 18.2 Å². The van der Waals surface area contributed by atoms with E-state index >= 15 is 0 Å². The van der Waals surface area contributed by atoms with Crippen LogP contribution in [-0.2, 0) is 4.74 Å². The van der Waals surface area contributed by atoms with Crippen LogP contribution in [0.2, 0.25) is 0 Å². The molecule has 0 aromatic heterocycles. The lowest BCUT2D eigenvalue weighted by Crippen LogP contribution is -2.27. The molecule has 2 heteroatoms. The number of rotatable bonds is 3. The van der Waals surface area contributed by atoms with Crippen LogP contribution in [0, 0.1) is 5.92 Å². The monoisotopic (exact) mass is 211 g/mol. The highest BCUT2D eigenvalue weighted by atomic mass is 16.5. The minimum atomic E-state index is 0.403. The lowest BCUT2D eigenvalue weighted by atomic mass is 9.85. The minimum Gasteiger partial charge on any atom is -0.375 e. The Hall–Kier alpha value is -0.0800. The lowest BCUT2D eigenvalue weighted by molar-refractivity contribution is -0.0375. The van der Waals surface area contributed by atoms with Gasteiger partial charge in [0.25, 0.3) is 0 Å². The van der Waals surface area contributed by atoms with Gasteiger partial charge in [-0.1, -0.05) is 26.2 Å². The molecule has 0 saturated heterocycles. The predicted molar refractivity (Wildman–Crippen MR) is 62.7 cm³/mol. The van der Waals surface area contributed by atoms with Gasteiger partial charge in [-0.25, -0.2) is 0 Å².